The summed E-state index contributed by atoms with van der Waals surface area (Å²) in [6.45, 7) is 2.58. The van der Waals surface area contributed by atoms with E-state index in [0.29, 0.717) is 0 Å². The van der Waals surface area contributed by atoms with Crippen LogP contribution in [0.25, 0.3) is 10.4 Å². The maximum Gasteiger partial charge on any atom is 0.101 e. The molecule has 2 atom stereocenters. The molecule has 1 fully saturated rings. The van der Waals surface area contributed by atoms with Crippen LogP contribution in [-0.2, 0) is 9.47 Å². The predicted molar refractivity (Wildman–Crippen MR) is 82.8 cm³/mol. The summed E-state index contributed by atoms with van der Waals surface area (Å²) in [6, 6.07) is 6.90. The molecule has 6 nitrogen and oxygen atoms in total. The fourth-order valence-electron chi connectivity index (χ4n) is 2.63. The molecule has 7 heteroatoms. The molecule has 0 aliphatic carbocycles. The molecule has 0 spiro atoms. The molecule has 0 unspecified atom stereocenters. The van der Waals surface area contributed by atoms with Crippen molar-refractivity contribution in [2.45, 2.75) is 18.6 Å². The number of methoxy groups -OCH3 is 1. The van der Waals surface area contributed by atoms with Crippen molar-refractivity contribution in [1.29, 1.82) is 0 Å². The number of alkyl halides is 1. The van der Waals surface area contributed by atoms with Crippen molar-refractivity contribution >= 4 is 5.69 Å². The van der Waals surface area contributed by atoms with Gasteiger partial charge in [-0.3, -0.25) is 4.39 Å². The van der Waals surface area contributed by atoms with E-state index >= 15 is 0 Å². The van der Waals surface area contributed by atoms with Gasteiger partial charge < -0.3 is 14.4 Å². The van der Waals surface area contributed by atoms with Gasteiger partial charge in [-0.15, -0.1) is 0 Å². The lowest BCUT2D eigenvalue weighted by molar-refractivity contribution is 0.0722. The lowest BCUT2D eigenvalue weighted by Gasteiger charge is -2.24. The minimum atomic E-state index is -0.854. The van der Waals surface area contributed by atoms with Gasteiger partial charge in [0.1, 0.15) is 6.67 Å². The topological polar surface area (TPSA) is 70.5 Å². The molecule has 0 aromatic heterocycles. The molecule has 1 heterocycles. The van der Waals surface area contributed by atoms with Crippen LogP contribution in [0.15, 0.2) is 29.4 Å². The molecule has 1 saturated heterocycles. The number of benzene rings is 1. The first-order valence-corrected chi connectivity index (χ1v) is 7.35. The Kier molecular flexibility index (Phi) is 6.45. The summed E-state index contributed by atoms with van der Waals surface area (Å²) >= 11 is 0. The second kappa shape index (κ2) is 8.58. The van der Waals surface area contributed by atoms with Crippen LogP contribution in [0.3, 0.4) is 0 Å². The third-order valence-electron chi connectivity index (χ3n) is 3.77. The van der Waals surface area contributed by atoms with Gasteiger partial charge in [0, 0.05) is 37.4 Å². The highest BCUT2D eigenvalue weighted by Gasteiger charge is 2.22. The molecular weight excluding hydrogens is 287 g/mol. The summed E-state index contributed by atoms with van der Waals surface area (Å²) in [7, 11) is 1.49. The Morgan fingerprint density at radius 2 is 2.14 bits per heavy atom. The monoisotopic (exact) mass is 308 g/mol. The number of azide groups is 1. The second-order valence-corrected chi connectivity index (χ2v) is 5.13. The molecule has 1 aromatic carbocycles. The average molecular weight is 308 g/mol. The van der Waals surface area contributed by atoms with Crippen LogP contribution in [0.4, 0.5) is 10.1 Å². The number of rotatable bonds is 6. The molecule has 1 aromatic rings. The fraction of sp³-hybridized carbons (Fsp3) is 0.600. The zero-order valence-electron chi connectivity index (χ0n) is 12.7. The van der Waals surface area contributed by atoms with Crippen molar-refractivity contribution in [3.8, 4) is 0 Å². The average Bonchev–Trinajstić information content (AvgIpc) is 2.84. The Bertz CT molecular complexity index is 497. The second-order valence-electron chi connectivity index (χ2n) is 5.13. The summed E-state index contributed by atoms with van der Waals surface area (Å²) in [5.41, 5.74) is 10.4. The lowest BCUT2D eigenvalue weighted by atomic mass is 10.0. The van der Waals surface area contributed by atoms with E-state index in [1.165, 1.54) is 7.11 Å². The summed E-state index contributed by atoms with van der Waals surface area (Å²) in [5, 5.41) is 3.47. The lowest BCUT2D eigenvalue weighted by Crippen LogP contribution is -2.26. The highest BCUT2D eigenvalue weighted by Crippen LogP contribution is 2.26. The number of ether oxygens (including phenoxy) is 2. The normalized spacial score (nSPS) is 18.2. The number of anilines is 1. The molecule has 0 amide bonds. The van der Waals surface area contributed by atoms with Crippen molar-refractivity contribution in [1.82, 2.24) is 0 Å². The molecule has 1 aliphatic rings. The molecule has 0 N–H and O–H groups in total. The minimum Gasteiger partial charge on any atom is -0.380 e. The first-order valence-electron chi connectivity index (χ1n) is 7.35. The van der Waals surface area contributed by atoms with Crippen LogP contribution < -0.4 is 4.90 Å². The molecule has 0 saturated carbocycles. The van der Waals surface area contributed by atoms with Crippen molar-refractivity contribution in [2.75, 3.05) is 45.0 Å². The largest absolute Gasteiger partial charge is 0.380 e. The number of hydrogen-bond acceptors (Lipinski definition) is 4. The first kappa shape index (κ1) is 16.5. The van der Waals surface area contributed by atoms with E-state index in [0.717, 1.165) is 44.0 Å². The standard InChI is InChI=1S/C15H21FN4O2/c1-21-15(14(11-16)18-19-17)12-3-5-13(6-4-12)20-7-2-9-22-10-8-20/h3-6,14-15H,2,7-11H2,1H3/t14-,15-/m1/s1. The van der Waals surface area contributed by atoms with E-state index in [9.17, 15) is 4.39 Å². The van der Waals surface area contributed by atoms with Crippen LogP contribution >= 0.6 is 0 Å². The van der Waals surface area contributed by atoms with Crippen LogP contribution in [0.5, 0.6) is 0 Å². The third kappa shape index (κ3) is 4.10. The quantitative estimate of drug-likeness (QED) is 0.460. The van der Waals surface area contributed by atoms with Crippen molar-refractivity contribution in [3.63, 3.8) is 0 Å². The highest BCUT2D eigenvalue weighted by atomic mass is 19.1. The molecule has 22 heavy (non-hydrogen) atoms. The zero-order valence-corrected chi connectivity index (χ0v) is 12.7. The van der Waals surface area contributed by atoms with Gasteiger partial charge in [-0.1, -0.05) is 17.2 Å². The predicted octanol–water partition coefficient (Wildman–Crippen LogP) is 3.25. The van der Waals surface area contributed by atoms with Crippen LogP contribution in [0.2, 0.25) is 0 Å². The summed E-state index contributed by atoms with van der Waals surface area (Å²) in [6.07, 6.45) is 0.422. The summed E-state index contributed by atoms with van der Waals surface area (Å²) in [5.74, 6) is 0. The first-order chi connectivity index (χ1) is 10.8. The number of hydrogen-bond donors (Lipinski definition) is 0. The van der Waals surface area contributed by atoms with Crippen LogP contribution in [0, 0.1) is 0 Å². The summed E-state index contributed by atoms with van der Waals surface area (Å²) in [4.78, 5) is 4.95. The highest BCUT2D eigenvalue weighted by molar-refractivity contribution is 5.48. The summed E-state index contributed by atoms with van der Waals surface area (Å²) < 4.78 is 23.8. The molecule has 0 radical (unpaired) electrons. The van der Waals surface area contributed by atoms with Gasteiger partial charge in [-0.2, -0.15) is 0 Å². The van der Waals surface area contributed by atoms with Crippen molar-refractivity contribution in [3.05, 3.63) is 40.3 Å². The Morgan fingerprint density at radius 1 is 1.36 bits per heavy atom. The van der Waals surface area contributed by atoms with E-state index in [1.54, 1.807) is 0 Å². The maximum atomic E-state index is 13.0. The van der Waals surface area contributed by atoms with Crippen molar-refractivity contribution < 1.29 is 13.9 Å². The molecule has 120 valence electrons. The maximum absolute atomic E-state index is 13.0. The smallest absolute Gasteiger partial charge is 0.101 e. The number of nitrogens with zero attached hydrogens (tertiary/aromatic N) is 4. The van der Waals surface area contributed by atoms with Gasteiger partial charge in [-0.25, -0.2) is 0 Å². The van der Waals surface area contributed by atoms with Crippen LogP contribution in [0.1, 0.15) is 18.1 Å². The zero-order chi connectivity index (χ0) is 15.8. The van der Waals surface area contributed by atoms with Crippen LogP contribution in [-0.4, -0.2) is 46.1 Å². The Labute approximate surface area is 129 Å². The van der Waals surface area contributed by atoms with Gasteiger partial charge in [0.25, 0.3) is 0 Å². The molecule has 0 bridgehead atoms. The Morgan fingerprint density at radius 3 is 2.77 bits per heavy atom. The van der Waals surface area contributed by atoms with Gasteiger partial charge in [0.2, 0.25) is 0 Å². The molecular formula is C15H21FN4O2. The van der Waals surface area contributed by atoms with E-state index in [-0.39, 0.29) is 0 Å². The Hall–Kier alpha value is -1.82. The molecule has 2 rings (SSSR count). The van der Waals surface area contributed by atoms with E-state index in [2.05, 4.69) is 14.9 Å². The molecule has 1 aliphatic heterocycles. The minimum absolute atomic E-state index is 0.581. The Balaban J connectivity index is 2.13. The van der Waals surface area contributed by atoms with E-state index in [1.807, 2.05) is 24.3 Å². The van der Waals surface area contributed by atoms with Gasteiger partial charge in [-0.05, 0) is 29.6 Å². The SMILES string of the molecule is CO[C@H](c1ccc(N2CCCOCC2)cc1)[C@@H](CF)N=[N+]=[N-]. The number of halogens is 1. The van der Waals surface area contributed by atoms with Gasteiger partial charge in [0.15, 0.2) is 0 Å². The third-order valence-corrected chi connectivity index (χ3v) is 3.77. The van der Waals surface area contributed by atoms with E-state index < -0.39 is 18.8 Å². The van der Waals surface area contributed by atoms with E-state index in [4.69, 9.17) is 15.0 Å². The van der Waals surface area contributed by atoms with Gasteiger partial charge >= 0.3 is 0 Å². The van der Waals surface area contributed by atoms with Crippen molar-refractivity contribution in [2.24, 2.45) is 5.11 Å². The van der Waals surface area contributed by atoms with Gasteiger partial charge in [0.05, 0.1) is 18.8 Å². The fourth-order valence-corrected chi connectivity index (χ4v) is 2.63.